The maximum absolute atomic E-state index is 12.9. The lowest BCUT2D eigenvalue weighted by Gasteiger charge is -2.21. The molecule has 0 aromatic heterocycles. The van der Waals surface area contributed by atoms with E-state index in [-0.39, 0.29) is 5.56 Å². The fourth-order valence-electron chi connectivity index (χ4n) is 1.40. The number of rotatable bonds is 5. The molecule has 0 aliphatic rings. The van der Waals surface area contributed by atoms with Gasteiger partial charge in [0.25, 0.3) is 0 Å². The van der Waals surface area contributed by atoms with Gasteiger partial charge in [0.05, 0.1) is 6.42 Å². The van der Waals surface area contributed by atoms with Crippen LogP contribution in [0.1, 0.15) is 18.1 Å². The van der Waals surface area contributed by atoms with Crippen LogP contribution in [0.15, 0.2) is 42.5 Å². The first-order valence-corrected chi connectivity index (χ1v) is 5.44. The quantitative estimate of drug-likeness (QED) is 0.668. The fraction of sp³-hybridized carbons (Fsp3) is 0.231. The van der Waals surface area contributed by atoms with Gasteiger partial charge in [-0.05, 0) is 0 Å². The lowest BCUT2D eigenvalue weighted by Crippen LogP contribution is -2.27. The Morgan fingerprint density at radius 3 is 2.25 bits per heavy atom. The molecule has 1 aromatic rings. The van der Waals surface area contributed by atoms with E-state index in [4.69, 9.17) is 5.11 Å². The zero-order valence-corrected chi connectivity index (χ0v) is 10.2. The first-order valence-electron chi connectivity index (χ1n) is 5.44. The fourth-order valence-corrected chi connectivity index (χ4v) is 1.40. The highest BCUT2D eigenvalue weighted by Crippen LogP contribution is 2.36. The molecule has 1 rings (SSSR count). The van der Waals surface area contributed by atoms with Crippen molar-refractivity contribution in [3.8, 4) is 0 Å². The highest BCUT2D eigenvalue weighted by Gasteiger charge is 2.44. The molecule has 0 saturated carbocycles. The van der Waals surface area contributed by atoms with Crippen LogP contribution in [0.3, 0.4) is 0 Å². The zero-order chi connectivity index (χ0) is 15.3. The van der Waals surface area contributed by atoms with Gasteiger partial charge in [-0.1, -0.05) is 36.9 Å². The van der Waals surface area contributed by atoms with E-state index >= 15 is 0 Å². The summed E-state index contributed by atoms with van der Waals surface area (Å²) in [6.45, 7) is 3.10. The molecule has 7 heteroatoms. The Morgan fingerprint density at radius 2 is 1.80 bits per heavy atom. The lowest BCUT2D eigenvalue weighted by molar-refractivity contribution is -0.222. The van der Waals surface area contributed by atoms with E-state index < -0.39 is 36.2 Å². The van der Waals surface area contributed by atoms with Crippen molar-refractivity contribution in [2.75, 3.05) is 0 Å². The first kappa shape index (κ1) is 15.7. The predicted octanol–water partition coefficient (Wildman–Crippen LogP) is 2.86. The average Bonchev–Trinajstić information content (AvgIpc) is 2.34. The van der Waals surface area contributed by atoms with E-state index in [2.05, 4.69) is 11.3 Å². The van der Waals surface area contributed by atoms with Gasteiger partial charge in [-0.3, -0.25) is 4.79 Å². The standard InChI is InChI=1S/C13H11F3O4/c1-8(7-10(17)18)12(19)20-11(13(14,15)16)9-5-3-2-4-6-9/h2-6,11H,1,7H2,(H,17,18). The number of halogens is 3. The number of carboxylic acids is 1. The number of benzene rings is 1. The van der Waals surface area contributed by atoms with Crippen LogP contribution in [0, 0.1) is 0 Å². The van der Waals surface area contributed by atoms with Crippen LogP contribution < -0.4 is 0 Å². The first-order chi connectivity index (χ1) is 9.21. The van der Waals surface area contributed by atoms with E-state index in [9.17, 15) is 22.8 Å². The van der Waals surface area contributed by atoms with Crippen LogP contribution >= 0.6 is 0 Å². The monoisotopic (exact) mass is 288 g/mol. The third-order valence-electron chi connectivity index (χ3n) is 2.28. The summed E-state index contributed by atoms with van der Waals surface area (Å²) in [7, 11) is 0. The second-order valence-electron chi connectivity index (χ2n) is 3.91. The number of carbonyl (C=O) groups is 2. The highest BCUT2D eigenvalue weighted by atomic mass is 19.4. The molecule has 4 nitrogen and oxygen atoms in total. The molecule has 0 radical (unpaired) electrons. The van der Waals surface area contributed by atoms with Crippen molar-refractivity contribution >= 4 is 11.9 Å². The number of carbonyl (C=O) groups excluding carboxylic acids is 1. The van der Waals surface area contributed by atoms with E-state index in [1.54, 1.807) is 0 Å². The van der Waals surface area contributed by atoms with Crippen molar-refractivity contribution in [2.24, 2.45) is 0 Å². The number of carboxylic acid groups (broad SMARTS) is 1. The Kier molecular flexibility index (Phi) is 4.90. The van der Waals surface area contributed by atoms with Crippen LogP contribution in [-0.2, 0) is 14.3 Å². The van der Waals surface area contributed by atoms with Crippen molar-refractivity contribution in [1.29, 1.82) is 0 Å². The van der Waals surface area contributed by atoms with Crippen molar-refractivity contribution in [1.82, 2.24) is 0 Å². The summed E-state index contributed by atoms with van der Waals surface area (Å²) >= 11 is 0. The molecule has 0 aliphatic carbocycles. The summed E-state index contributed by atoms with van der Waals surface area (Å²) in [6, 6.07) is 6.57. The summed E-state index contributed by atoms with van der Waals surface area (Å²) in [4.78, 5) is 21.8. The van der Waals surface area contributed by atoms with Gasteiger partial charge in [0.15, 0.2) is 0 Å². The Morgan fingerprint density at radius 1 is 1.25 bits per heavy atom. The van der Waals surface area contributed by atoms with Crippen LogP contribution in [0.25, 0.3) is 0 Å². The summed E-state index contributed by atoms with van der Waals surface area (Å²) in [5.41, 5.74) is -0.806. The Balaban J connectivity index is 2.90. The minimum atomic E-state index is -4.81. The second kappa shape index (κ2) is 6.23. The van der Waals surface area contributed by atoms with E-state index in [1.165, 1.54) is 18.2 Å². The van der Waals surface area contributed by atoms with Gasteiger partial charge >= 0.3 is 18.1 Å². The number of esters is 1. The van der Waals surface area contributed by atoms with Crippen LogP contribution in [0.4, 0.5) is 13.2 Å². The molecule has 1 N–H and O–H groups in total. The van der Waals surface area contributed by atoms with Crippen LogP contribution in [-0.4, -0.2) is 23.2 Å². The van der Waals surface area contributed by atoms with E-state index in [0.717, 1.165) is 12.1 Å². The Bertz CT molecular complexity index is 508. The van der Waals surface area contributed by atoms with Gasteiger partial charge in [0.2, 0.25) is 6.10 Å². The third-order valence-corrected chi connectivity index (χ3v) is 2.28. The molecule has 0 saturated heterocycles. The van der Waals surface area contributed by atoms with Crippen LogP contribution in [0.5, 0.6) is 0 Å². The van der Waals surface area contributed by atoms with E-state index in [0.29, 0.717) is 0 Å². The SMILES string of the molecule is C=C(CC(=O)O)C(=O)OC(c1ccccc1)C(F)(F)F. The van der Waals surface area contributed by atoms with Gasteiger partial charge in [0.1, 0.15) is 0 Å². The van der Waals surface area contributed by atoms with Crippen molar-refractivity contribution in [3.05, 3.63) is 48.0 Å². The molecule has 0 bridgehead atoms. The van der Waals surface area contributed by atoms with Crippen molar-refractivity contribution in [3.63, 3.8) is 0 Å². The number of hydrogen-bond acceptors (Lipinski definition) is 3. The minimum absolute atomic E-state index is 0.253. The topological polar surface area (TPSA) is 63.6 Å². The smallest absolute Gasteiger partial charge is 0.429 e. The molecule has 108 valence electrons. The zero-order valence-electron chi connectivity index (χ0n) is 10.2. The van der Waals surface area contributed by atoms with Gasteiger partial charge in [-0.25, -0.2) is 4.79 Å². The average molecular weight is 288 g/mol. The molecule has 0 amide bonds. The Labute approximate surface area is 112 Å². The largest absolute Gasteiger partial charge is 0.481 e. The summed E-state index contributed by atoms with van der Waals surface area (Å²) < 4.78 is 42.9. The summed E-state index contributed by atoms with van der Waals surface area (Å²) in [5, 5.41) is 8.45. The van der Waals surface area contributed by atoms with Crippen LogP contribution in [0.2, 0.25) is 0 Å². The molecule has 20 heavy (non-hydrogen) atoms. The molecule has 0 heterocycles. The molecular formula is C13H11F3O4. The van der Waals surface area contributed by atoms with Crippen molar-refractivity contribution in [2.45, 2.75) is 18.7 Å². The lowest BCUT2D eigenvalue weighted by atomic mass is 10.1. The maximum Gasteiger partial charge on any atom is 0.429 e. The molecule has 0 spiro atoms. The molecule has 1 atom stereocenters. The van der Waals surface area contributed by atoms with Gasteiger partial charge < -0.3 is 9.84 Å². The number of ether oxygens (including phenoxy) is 1. The molecule has 1 aromatic carbocycles. The normalized spacial score (nSPS) is 12.6. The summed E-state index contributed by atoms with van der Waals surface area (Å²) in [6.07, 6.45) is -8.04. The molecule has 0 fully saturated rings. The highest BCUT2D eigenvalue weighted by molar-refractivity contribution is 5.92. The molecule has 0 aliphatic heterocycles. The van der Waals surface area contributed by atoms with Gasteiger partial charge in [0, 0.05) is 11.1 Å². The minimum Gasteiger partial charge on any atom is -0.481 e. The predicted molar refractivity (Wildman–Crippen MR) is 62.7 cm³/mol. The number of hydrogen-bond donors (Lipinski definition) is 1. The van der Waals surface area contributed by atoms with Gasteiger partial charge in [-0.15, -0.1) is 0 Å². The van der Waals surface area contributed by atoms with Gasteiger partial charge in [-0.2, -0.15) is 13.2 Å². The molecular weight excluding hydrogens is 277 g/mol. The summed E-state index contributed by atoms with van der Waals surface area (Å²) in [5.74, 6) is -2.77. The van der Waals surface area contributed by atoms with E-state index in [1.807, 2.05) is 0 Å². The maximum atomic E-state index is 12.9. The number of aliphatic carboxylic acids is 1. The third kappa shape index (κ3) is 4.42. The number of alkyl halides is 3. The second-order valence-corrected chi connectivity index (χ2v) is 3.91. The Hall–Kier alpha value is -2.31. The molecule has 1 unspecified atom stereocenters. The van der Waals surface area contributed by atoms with Crippen molar-refractivity contribution < 1.29 is 32.6 Å².